The molecule has 0 bridgehead atoms. The van der Waals surface area contributed by atoms with Gasteiger partial charge in [0.25, 0.3) is 0 Å². The summed E-state index contributed by atoms with van der Waals surface area (Å²) in [6, 6.07) is 15.1. The summed E-state index contributed by atoms with van der Waals surface area (Å²) in [6.07, 6.45) is 0. The number of thioether (sulfide) groups is 1. The molecule has 0 aliphatic heterocycles. The Hall–Kier alpha value is -2.51. The van der Waals surface area contributed by atoms with Crippen LogP contribution in [0.2, 0.25) is 5.02 Å². The summed E-state index contributed by atoms with van der Waals surface area (Å²) in [4.78, 5) is 18.6. The number of para-hydroxylation sites is 1. The number of aromatic amines is 1. The second-order valence-electron chi connectivity index (χ2n) is 6.03. The summed E-state index contributed by atoms with van der Waals surface area (Å²) in [7, 11) is 0. The number of aromatic nitrogens is 3. The number of carbonyl (C=O) groups excluding carboxylic acids is 1. The van der Waals surface area contributed by atoms with E-state index < -0.39 is 0 Å². The van der Waals surface area contributed by atoms with Gasteiger partial charge in [-0.1, -0.05) is 41.6 Å². The molecule has 8 heteroatoms. The van der Waals surface area contributed by atoms with Crippen LogP contribution in [0.1, 0.15) is 18.3 Å². The van der Waals surface area contributed by atoms with Crippen LogP contribution in [0.5, 0.6) is 5.75 Å². The second-order valence-corrected chi connectivity index (χ2v) is 7.38. The van der Waals surface area contributed by atoms with Crippen molar-refractivity contribution < 1.29 is 9.53 Å². The van der Waals surface area contributed by atoms with E-state index in [0.717, 1.165) is 11.3 Å². The van der Waals surface area contributed by atoms with E-state index in [1.165, 1.54) is 11.8 Å². The topological polar surface area (TPSA) is 71.1 Å². The Balaban J connectivity index is 1.52. The van der Waals surface area contributed by atoms with Gasteiger partial charge in [0.05, 0.1) is 5.75 Å². The van der Waals surface area contributed by atoms with E-state index in [1.54, 1.807) is 11.0 Å². The van der Waals surface area contributed by atoms with Crippen molar-refractivity contribution in [2.45, 2.75) is 25.6 Å². The molecule has 0 aliphatic rings. The van der Waals surface area contributed by atoms with Crippen molar-refractivity contribution >= 4 is 35.0 Å². The van der Waals surface area contributed by atoms with Gasteiger partial charge in [0, 0.05) is 17.3 Å². The number of H-pyrrole nitrogens is 1. The summed E-state index contributed by atoms with van der Waals surface area (Å²) in [5.41, 5.74) is 1.84. The predicted octanol–water partition coefficient (Wildman–Crippen LogP) is 4.49. The Morgan fingerprint density at radius 2 is 2.04 bits per heavy atom. The van der Waals surface area contributed by atoms with Gasteiger partial charge in [-0.2, -0.15) is 0 Å². The number of nitrogens with zero attached hydrogens (tertiary/aromatic N) is 3. The van der Waals surface area contributed by atoms with Crippen molar-refractivity contribution in [3.63, 3.8) is 0 Å². The molecule has 0 fully saturated rings. The fourth-order valence-electron chi connectivity index (χ4n) is 2.58. The van der Waals surface area contributed by atoms with Crippen LogP contribution in [0.4, 0.5) is 5.69 Å². The molecule has 0 atom stereocenters. The number of carbonyl (C=O) groups is 1. The van der Waals surface area contributed by atoms with Gasteiger partial charge in [0.15, 0.2) is 5.82 Å². The number of hydrogen-bond acceptors (Lipinski definition) is 5. The monoisotopic (exact) mass is 416 g/mol. The SMILES string of the molecule is CCN(C(=O)CSc1n[nH]c(COc2ccc(Cl)c(C)c2)n1)c1ccccc1. The first kappa shape index (κ1) is 20.2. The van der Waals surface area contributed by atoms with E-state index in [0.29, 0.717) is 28.3 Å². The maximum atomic E-state index is 12.5. The number of ether oxygens (including phenoxy) is 1. The first-order chi connectivity index (χ1) is 13.6. The standard InChI is InChI=1S/C20H21ClN4O2S/c1-3-25(15-7-5-4-6-8-15)19(26)13-28-20-22-18(23-24-20)12-27-16-9-10-17(21)14(2)11-16/h4-11H,3,12-13H2,1-2H3,(H,22,23,24). The third-order valence-corrected chi connectivity index (χ3v) is 5.28. The third-order valence-electron chi connectivity index (χ3n) is 4.03. The number of amides is 1. The number of nitrogens with one attached hydrogen (secondary N) is 1. The molecular weight excluding hydrogens is 396 g/mol. The molecule has 2 aromatic carbocycles. The average Bonchev–Trinajstić information content (AvgIpc) is 3.17. The van der Waals surface area contributed by atoms with Crippen LogP contribution in [0, 0.1) is 6.92 Å². The van der Waals surface area contributed by atoms with Gasteiger partial charge >= 0.3 is 0 Å². The minimum Gasteiger partial charge on any atom is -0.486 e. The fourth-order valence-corrected chi connectivity index (χ4v) is 3.39. The largest absolute Gasteiger partial charge is 0.486 e. The Morgan fingerprint density at radius 3 is 2.75 bits per heavy atom. The zero-order valence-electron chi connectivity index (χ0n) is 15.7. The van der Waals surface area contributed by atoms with Crippen LogP contribution in [-0.2, 0) is 11.4 Å². The normalized spacial score (nSPS) is 10.7. The fraction of sp³-hybridized carbons (Fsp3) is 0.250. The van der Waals surface area contributed by atoms with Gasteiger partial charge in [-0.05, 0) is 49.7 Å². The minimum atomic E-state index is 0.0120. The minimum absolute atomic E-state index is 0.0120. The molecule has 1 heterocycles. The summed E-state index contributed by atoms with van der Waals surface area (Å²) >= 11 is 7.31. The van der Waals surface area contributed by atoms with Gasteiger partial charge in [0.2, 0.25) is 11.1 Å². The van der Waals surface area contributed by atoms with Gasteiger partial charge in [-0.15, -0.1) is 5.10 Å². The van der Waals surface area contributed by atoms with Crippen molar-refractivity contribution in [3.8, 4) is 5.75 Å². The number of benzene rings is 2. The molecule has 0 saturated carbocycles. The van der Waals surface area contributed by atoms with Crippen molar-refractivity contribution in [1.82, 2.24) is 15.2 Å². The van der Waals surface area contributed by atoms with Gasteiger partial charge in [0.1, 0.15) is 12.4 Å². The van der Waals surface area contributed by atoms with E-state index >= 15 is 0 Å². The third kappa shape index (κ3) is 5.27. The molecule has 0 radical (unpaired) electrons. The van der Waals surface area contributed by atoms with E-state index in [1.807, 2.05) is 56.3 Å². The molecule has 6 nitrogen and oxygen atoms in total. The Bertz CT molecular complexity index is 933. The van der Waals surface area contributed by atoms with Crippen LogP contribution >= 0.6 is 23.4 Å². The lowest BCUT2D eigenvalue weighted by Crippen LogP contribution is -2.32. The Kier molecular flexibility index (Phi) is 6.95. The smallest absolute Gasteiger partial charge is 0.237 e. The molecule has 1 aromatic heterocycles. The van der Waals surface area contributed by atoms with Crippen molar-refractivity contribution in [1.29, 1.82) is 0 Å². The lowest BCUT2D eigenvalue weighted by Gasteiger charge is -2.20. The molecule has 0 spiro atoms. The first-order valence-corrected chi connectivity index (χ1v) is 10.2. The van der Waals surface area contributed by atoms with E-state index in [2.05, 4.69) is 15.2 Å². The number of rotatable bonds is 8. The van der Waals surface area contributed by atoms with E-state index in [4.69, 9.17) is 16.3 Å². The lowest BCUT2D eigenvalue weighted by atomic mass is 10.2. The van der Waals surface area contributed by atoms with Crippen molar-refractivity contribution in [2.75, 3.05) is 17.2 Å². The predicted molar refractivity (Wildman–Crippen MR) is 112 cm³/mol. The number of hydrogen-bond donors (Lipinski definition) is 1. The van der Waals surface area contributed by atoms with Gasteiger partial charge in [-0.25, -0.2) is 4.98 Å². The maximum Gasteiger partial charge on any atom is 0.237 e. The molecule has 0 saturated heterocycles. The van der Waals surface area contributed by atoms with Gasteiger partial charge < -0.3 is 9.64 Å². The molecule has 28 heavy (non-hydrogen) atoms. The summed E-state index contributed by atoms with van der Waals surface area (Å²) in [5.74, 6) is 1.58. The lowest BCUT2D eigenvalue weighted by molar-refractivity contribution is -0.116. The first-order valence-electron chi connectivity index (χ1n) is 8.85. The second kappa shape index (κ2) is 9.61. The van der Waals surface area contributed by atoms with Crippen LogP contribution in [0.3, 0.4) is 0 Å². The van der Waals surface area contributed by atoms with Crippen LogP contribution in [-0.4, -0.2) is 33.4 Å². The molecule has 1 amide bonds. The maximum absolute atomic E-state index is 12.5. The van der Waals surface area contributed by atoms with Crippen molar-refractivity contribution in [2.24, 2.45) is 0 Å². The average molecular weight is 417 g/mol. The summed E-state index contributed by atoms with van der Waals surface area (Å²) in [5, 5.41) is 8.21. The highest BCUT2D eigenvalue weighted by atomic mass is 35.5. The van der Waals surface area contributed by atoms with Crippen LogP contribution < -0.4 is 9.64 Å². The highest BCUT2D eigenvalue weighted by Crippen LogP contribution is 2.22. The summed E-state index contributed by atoms with van der Waals surface area (Å²) < 4.78 is 5.70. The van der Waals surface area contributed by atoms with E-state index in [-0.39, 0.29) is 18.3 Å². The molecule has 0 aliphatic carbocycles. The zero-order valence-corrected chi connectivity index (χ0v) is 17.3. The number of anilines is 1. The zero-order chi connectivity index (χ0) is 19.9. The van der Waals surface area contributed by atoms with Gasteiger partial charge in [-0.3, -0.25) is 9.89 Å². The Labute approximate surface area is 173 Å². The molecule has 0 unspecified atom stereocenters. The highest BCUT2D eigenvalue weighted by molar-refractivity contribution is 7.99. The molecular formula is C20H21ClN4O2S. The molecule has 146 valence electrons. The molecule has 1 N–H and O–H groups in total. The van der Waals surface area contributed by atoms with E-state index in [9.17, 15) is 4.79 Å². The highest BCUT2D eigenvalue weighted by Gasteiger charge is 2.15. The van der Waals surface area contributed by atoms with Crippen molar-refractivity contribution in [3.05, 3.63) is 64.9 Å². The number of halogens is 1. The summed E-state index contributed by atoms with van der Waals surface area (Å²) in [6.45, 7) is 4.74. The van der Waals surface area contributed by atoms with Crippen LogP contribution in [0.25, 0.3) is 0 Å². The van der Waals surface area contributed by atoms with Crippen LogP contribution in [0.15, 0.2) is 53.7 Å². The Morgan fingerprint density at radius 1 is 1.25 bits per heavy atom. The molecule has 3 aromatic rings. The quantitative estimate of drug-likeness (QED) is 0.548. The number of aryl methyl sites for hydroxylation is 1. The molecule has 3 rings (SSSR count).